The predicted octanol–water partition coefficient (Wildman–Crippen LogP) is 3.54. The van der Waals surface area contributed by atoms with Crippen LogP contribution in [-0.2, 0) is 9.59 Å². The molecule has 5 nitrogen and oxygen atoms in total. The SMILES string of the molecule is COc1cccc([C@H]2CCCCN2C(=O)CCN2CCCCCC2=O)c1. The zero-order chi connectivity index (χ0) is 18.4. The van der Waals surface area contributed by atoms with Crippen molar-refractivity contribution in [3.05, 3.63) is 29.8 Å². The van der Waals surface area contributed by atoms with Crippen LogP contribution in [0.2, 0.25) is 0 Å². The highest BCUT2D eigenvalue weighted by molar-refractivity contribution is 5.79. The van der Waals surface area contributed by atoms with Gasteiger partial charge in [-0.05, 0) is 49.8 Å². The second-order valence-electron chi connectivity index (χ2n) is 7.32. The van der Waals surface area contributed by atoms with Crippen LogP contribution in [-0.4, -0.2) is 48.4 Å². The highest BCUT2D eigenvalue weighted by atomic mass is 16.5. The summed E-state index contributed by atoms with van der Waals surface area (Å²) < 4.78 is 5.34. The molecule has 2 heterocycles. The number of nitrogens with zero attached hydrogens (tertiary/aromatic N) is 2. The van der Waals surface area contributed by atoms with Crippen molar-refractivity contribution in [3.63, 3.8) is 0 Å². The fraction of sp³-hybridized carbons (Fsp3) is 0.619. The molecule has 2 fully saturated rings. The molecule has 2 aliphatic heterocycles. The molecule has 26 heavy (non-hydrogen) atoms. The van der Waals surface area contributed by atoms with Crippen LogP contribution in [0.4, 0.5) is 0 Å². The first-order valence-corrected chi connectivity index (χ1v) is 9.90. The molecule has 2 saturated heterocycles. The topological polar surface area (TPSA) is 49.9 Å². The first-order valence-electron chi connectivity index (χ1n) is 9.90. The Kier molecular flexibility index (Phi) is 6.53. The molecule has 0 saturated carbocycles. The van der Waals surface area contributed by atoms with E-state index in [2.05, 4.69) is 6.07 Å². The van der Waals surface area contributed by atoms with Gasteiger partial charge in [0.2, 0.25) is 11.8 Å². The first-order chi connectivity index (χ1) is 12.7. The number of carbonyl (C=O) groups excluding carboxylic acids is 2. The lowest BCUT2D eigenvalue weighted by atomic mass is 9.94. The van der Waals surface area contributed by atoms with Crippen molar-refractivity contribution in [1.82, 2.24) is 9.80 Å². The van der Waals surface area contributed by atoms with Crippen molar-refractivity contribution in [2.75, 3.05) is 26.7 Å². The fourth-order valence-electron chi connectivity index (χ4n) is 4.07. The minimum absolute atomic E-state index is 0.117. The largest absolute Gasteiger partial charge is 0.497 e. The van der Waals surface area contributed by atoms with Gasteiger partial charge in [0.1, 0.15) is 5.75 Å². The number of likely N-dealkylation sites (tertiary alicyclic amines) is 2. The molecule has 1 aromatic carbocycles. The van der Waals surface area contributed by atoms with Gasteiger partial charge < -0.3 is 14.5 Å². The summed E-state index contributed by atoms with van der Waals surface area (Å²) in [6, 6.07) is 8.16. The van der Waals surface area contributed by atoms with Crippen LogP contribution in [0.1, 0.15) is 63.0 Å². The van der Waals surface area contributed by atoms with Gasteiger partial charge in [0.15, 0.2) is 0 Å². The lowest BCUT2D eigenvalue weighted by Crippen LogP contribution is -2.41. The standard InChI is InChI=1S/C21H30N2O3/c1-26-18-9-7-8-17(16-18)19-10-4-6-14-23(19)21(25)12-15-22-13-5-2-3-11-20(22)24/h7-9,16,19H,2-6,10-15H2,1H3/t19-/m1/s1. The Morgan fingerprint density at radius 2 is 2.00 bits per heavy atom. The zero-order valence-electron chi connectivity index (χ0n) is 15.8. The summed E-state index contributed by atoms with van der Waals surface area (Å²) in [5.41, 5.74) is 1.14. The maximum atomic E-state index is 12.9. The third-order valence-corrected chi connectivity index (χ3v) is 5.57. The number of hydrogen-bond acceptors (Lipinski definition) is 3. The number of methoxy groups -OCH3 is 1. The van der Waals surface area contributed by atoms with Crippen LogP contribution in [0.3, 0.4) is 0 Å². The second kappa shape index (κ2) is 9.06. The third-order valence-electron chi connectivity index (χ3n) is 5.57. The van der Waals surface area contributed by atoms with E-state index in [4.69, 9.17) is 4.74 Å². The highest BCUT2D eigenvalue weighted by Crippen LogP contribution is 2.33. The van der Waals surface area contributed by atoms with Crippen LogP contribution in [0.15, 0.2) is 24.3 Å². The number of carbonyl (C=O) groups is 2. The Balaban J connectivity index is 1.64. The minimum atomic E-state index is 0.117. The minimum Gasteiger partial charge on any atom is -0.497 e. The third kappa shape index (κ3) is 4.57. The van der Waals surface area contributed by atoms with Crippen molar-refractivity contribution >= 4 is 11.8 Å². The summed E-state index contributed by atoms with van der Waals surface area (Å²) in [7, 11) is 1.67. The summed E-state index contributed by atoms with van der Waals surface area (Å²) in [4.78, 5) is 29.0. The predicted molar refractivity (Wildman–Crippen MR) is 101 cm³/mol. The second-order valence-corrected chi connectivity index (χ2v) is 7.32. The van der Waals surface area contributed by atoms with E-state index >= 15 is 0 Å². The first kappa shape index (κ1) is 18.7. The van der Waals surface area contributed by atoms with E-state index in [0.717, 1.165) is 62.9 Å². The summed E-state index contributed by atoms with van der Waals surface area (Å²) in [5.74, 6) is 1.20. The molecule has 142 valence electrons. The lowest BCUT2D eigenvalue weighted by molar-refractivity contribution is -0.136. The molecular formula is C21H30N2O3. The molecule has 1 aromatic rings. The van der Waals surface area contributed by atoms with E-state index in [1.165, 1.54) is 0 Å². The summed E-state index contributed by atoms with van der Waals surface area (Å²) in [6.45, 7) is 2.15. The van der Waals surface area contributed by atoms with Crippen molar-refractivity contribution in [3.8, 4) is 5.75 Å². The summed E-state index contributed by atoms with van der Waals surface area (Å²) in [6.07, 6.45) is 7.37. The van der Waals surface area contributed by atoms with Gasteiger partial charge >= 0.3 is 0 Å². The molecule has 0 bridgehead atoms. The molecule has 2 aliphatic rings. The maximum absolute atomic E-state index is 12.9. The van der Waals surface area contributed by atoms with Crippen LogP contribution in [0.5, 0.6) is 5.75 Å². The van der Waals surface area contributed by atoms with Gasteiger partial charge in [-0.2, -0.15) is 0 Å². The molecule has 0 N–H and O–H groups in total. The van der Waals surface area contributed by atoms with Crippen molar-refractivity contribution < 1.29 is 14.3 Å². The van der Waals surface area contributed by atoms with Gasteiger partial charge in [-0.3, -0.25) is 9.59 Å². The number of ether oxygens (including phenoxy) is 1. The number of rotatable bonds is 5. The molecule has 0 spiro atoms. The molecule has 2 amide bonds. The lowest BCUT2D eigenvalue weighted by Gasteiger charge is -2.36. The zero-order valence-corrected chi connectivity index (χ0v) is 15.8. The average molecular weight is 358 g/mol. The van der Waals surface area contributed by atoms with Crippen molar-refractivity contribution in [1.29, 1.82) is 0 Å². The molecule has 0 unspecified atom stereocenters. The Bertz CT molecular complexity index is 631. The van der Waals surface area contributed by atoms with E-state index in [1.807, 2.05) is 28.0 Å². The van der Waals surface area contributed by atoms with Gasteiger partial charge in [0.05, 0.1) is 13.2 Å². The highest BCUT2D eigenvalue weighted by Gasteiger charge is 2.28. The number of benzene rings is 1. The molecular weight excluding hydrogens is 328 g/mol. The Hall–Kier alpha value is -2.04. The normalized spacial score (nSPS) is 21.4. The van der Waals surface area contributed by atoms with Gasteiger partial charge in [-0.1, -0.05) is 18.6 Å². The molecule has 0 radical (unpaired) electrons. The van der Waals surface area contributed by atoms with E-state index in [-0.39, 0.29) is 17.9 Å². The Morgan fingerprint density at radius 1 is 1.15 bits per heavy atom. The quantitative estimate of drug-likeness (QED) is 0.809. The maximum Gasteiger partial charge on any atom is 0.224 e. The fourth-order valence-corrected chi connectivity index (χ4v) is 4.07. The van der Waals surface area contributed by atoms with E-state index < -0.39 is 0 Å². The van der Waals surface area contributed by atoms with E-state index in [1.54, 1.807) is 7.11 Å². The monoisotopic (exact) mass is 358 g/mol. The number of amides is 2. The van der Waals surface area contributed by atoms with Crippen LogP contribution in [0.25, 0.3) is 0 Å². The van der Waals surface area contributed by atoms with Gasteiger partial charge in [-0.15, -0.1) is 0 Å². The molecule has 5 heteroatoms. The van der Waals surface area contributed by atoms with Crippen LogP contribution < -0.4 is 4.74 Å². The molecule has 0 aliphatic carbocycles. The summed E-state index contributed by atoms with van der Waals surface area (Å²) in [5, 5.41) is 0. The average Bonchev–Trinajstić information content (AvgIpc) is 2.90. The van der Waals surface area contributed by atoms with Crippen molar-refractivity contribution in [2.45, 2.75) is 57.4 Å². The number of hydrogen-bond donors (Lipinski definition) is 0. The Labute approximate surface area is 156 Å². The Morgan fingerprint density at radius 3 is 2.85 bits per heavy atom. The van der Waals surface area contributed by atoms with E-state index in [0.29, 0.717) is 19.4 Å². The van der Waals surface area contributed by atoms with Gasteiger partial charge in [0, 0.05) is 32.5 Å². The van der Waals surface area contributed by atoms with E-state index in [9.17, 15) is 9.59 Å². The van der Waals surface area contributed by atoms with Crippen LogP contribution >= 0.6 is 0 Å². The summed E-state index contributed by atoms with van der Waals surface area (Å²) >= 11 is 0. The van der Waals surface area contributed by atoms with Gasteiger partial charge in [-0.25, -0.2) is 0 Å². The smallest absolute Gasteiger partial charge is 0.224 e. The van der Waals surface area contributed by atoms with Crippen LogP contribution in [0, 0.1) is 0 Å². The van der Waals surface area contributed by atoms with Gasteiger partial charge in [0.25, 0.3) is 0 Å². The molecule has 3 rings (SSSR count). The molecule has 0 aromatic heterocycles. The number of piperidine rings is 1. The van der Waals surface area contributed by atoms with Crippen molar-refractivity contribution in [2.24, 2.45) is 0 Å². The molecule has 1 atom stereocenters.